The van der Waals surface area contributed by atoms with E-state index in [1.54, 1.807) is 31.5 Å². The summed E-state index contributed by atoms with van der Waals surface area (Å²) >= 11 is 0. The van der Waals surface area contributed by atoms with Crippen molar-refractivity contribution < 1.29 is 17.6 Å². The molecule has 1 saturated heterocycles. The number of carbonyl (C=O) groups excluding carboxylic acids is 1. The lowest BCUT2D eigenvalue weighted by Crippen LogP contribution is -2.41. The lowest BCUT2D eigenvalue weighted by atomic mass is 9.97. The van der Waals surface area contributed by atoms with E-state index in [0.29, 0.717) is 24.4 Å². The molecule has 0 saturated carbocycles. The maximum Gasteiger partial charge on any atom is 0.262 e. The number of carbonyl (C=O) groups is 1. The van der Waals surface area contributed by atoms with Gasteiger partial charge in [0.15, 0.2) is 5.03 Å². The van der Waals surface area contributed by atoms with Crippen LogP contribution in [0.1, 0.15) is 24.2 Å². The van der Waals surface area contributed by atoms with Crippen LogP contribution in [-0.2, 0) is 21.9 Å². The molecule has 0 radical (unpaired) electrons. The molecule has 1 aromatic heterocycles. The van der Waals surface area contributed by atoms with Gasteiger partial charge in [-0.25, -0.2) is 17.8 Å². The summed E-state index contributed by atoms with van der Waals surface area (Å²) in [7, 11) is -1.92. The molecule has 1 N–H and O–H groups in total. The second-order valence-corrected chi connectivity index (χ2v) is 8.75. The molecule has 27 heavy (non-hydrogen) atoms. The third kappa shape index (κ3) is 4.03. The molecule has 1 amide bonds. The maximum absolute atomic E-state index is 13.4. The minimum absolute atomic E-state index is 0.0285. The predicted octanol–water partition coefficient (Wildman–Crippen LogP) is 2.22. The zero-order valence-corrected chi connectivity index (χ0v) is 16.4. The number of rotatable bonds is 4. The largest absolute Gasteiger partial charge is 0.337 e. The van der Waals surface area contributed by atoms with Crippen LogP contribution in [0.5, 0.6) is 0 Å². The van der Waals surface area contributed by atoms with Crippen molar-refractivity contribution >= 4 is 21.6 Å². The molecule has 0 unspecified atom stereocenters. The highest BCUT2D eigenvalue weighted by atomic mass is 32.2. The topological polar surface area (TPSA) is 84.3 Å². The summed E-state index contributed by atoms with van der Waals surface area (Å²) in [4.78, 5) is 16.6. The van der Waals surface area contributed by atoms with Gasteiger partial charge in [0.05, 0.1) is 0 Å². The first-order valence-electron chi connectivity index (χ1n) is 8.75. The zero-order valence-electron chi connectivity index (χ0n) is 15.6. The minimum Gasteiger partial charge on any atom is -0.337 e. The maximum atomic E-state index is 13.4. The SMILES string of the molecule is Cc1ccc(F)cc1NC(=O)C1CCN(S(=O)(=O)c2cn(C)c(C)n2)CC1. The minimum atomic E-state index is -3.66. The summed E-state index contributed by atoms with van der Waals surface area (Å²) in [6, 6.07) is 4.23. The van der Waals surface area contributed by atoms with E-state index in [4.69, 9.17) is 0 Å². The second-order valence-electron chi connectivity index (χ2n) is 6.86. The third-order valence-electron chi connectivity index (χ3n) is 4.97. The Bertz CT molecular complexity index is 943. The van der Waals surface area contributed by atoms with Gasteiger partial charge < -0.3 is 9.88 Å². The molecule has 2 heterocycles. The number of imidazole rings is 1. The first-order valence-corrected chi connectivity index (χ1v) is 10.2. The van der Waals surface area contributed by atoms with Crippen LogP contribution in [0.15, 0.2) is 29.4 Å². The Morgan fingerprint density at radius 2 is 1.93 bits per heavy atom. The highest BCUT2D eigenvalue weighted by molar-refractivity contribution is 7.89. The van der Waals surface area contributed by atoms with Crippen LogP contribution >= 0.6 is 0 Å². The van der Waals surface area contributed by atoms with Gasteiger partial charge in [0.25, 0.3) is 10.0 Å². The summed E-state index contributed by atoms with van der Waals surface area (Å²) in [6.07, 6.45) is 2.31. The molecule has 146 valence electrons. The summed E-state index contributed by atoms with van der Waals surface area (Å²) in [5.74, 6) is -0.324. The molecular weight excluding hydrogens is 371 g/mol. The van der Waals surface area contributed by atoms with E-state index < -0.39 is 15.8 Å². The zero-order chi connectivity index (χ0) is 19.8. The van der Waals surface area contributed by atoms with Crippen molar-refractivity contribution in [3.05, 3.63) is 41.6 Å². The van der Waals surface area contributed by atoms with Crippen LogP contribution in [0.4, 0.5) is 10.1 Å². The molecule has 1 aliphatic rings. The van der Waals surface area contributed by atoms with Gasteiger partial charge in [-0.15, -0.1) is 0 Å². The van der Waals surface area contributed by atoms with Gasteiger partial charge in [0, 0.05) is 37.9 Å². The van der Waals surface area contributed by atoms with Gasteiger partial charge in [-0.3, -0.25) is 4.79 Å². The first-order chi connectivity index (χ1) is 12.7. The van der Waals surface area contributed by atoms with Crippen molar-refractivity contribution in [2.75, 3.05) is 18.4 Å². The Labute approximate surface area is 158 Å². The van der Waals surface area contributed by atoms with Crippen molar-refractivity contribution in [2.45, 2.75) is 31.7 Å². The Morgan fingerprint density at radius 3 is 2.52 bits per heavy atom. The highest BCUT2D eigenvalue weighted by Gasteiger charge is 2.33. The smallest absolute Gasteiger partial charge is 0.262 e. The molecule has 0 spiro atoms. The number of hydrogen-bond donors (Lipinski definition) is 1. The van der Waals surface area contributed by atoms with Crippen molar-refractivity contribution in [3.8, 4) is 0 Å². The van der Waals surface area contributed by atoms with Gasteiger partial charge in [-0.05, 0) is 44.4 Å². The number of nitrogens with zero attached hydrogens (tertiary/aromatic N) is 3. The van der Waals surface area contributed by atoms with E-state index in [1.165, 1.54) is 22.6 Å². The van der Waals surface area contributed by atoms with Gasteiger partial charge in [0.1, 0.15) is 11.6 Å². The number of benzene rings is 1. The van der Waals surface area contributed by atoms with E-state index in [2.05, 4.69) is 10.3 Å². The molecule has 2 aromatic rings. The Hall–Kier alpha value is -2.26. The normalized spacial score (nSPS) is 16.4. The van der Waals surface area contributed by atoms with Crippen LogP contribution < -0.4 is 5.32 Å². The number of piperidine rings is 1. The van der Waals surface area contributed by atoms with E-state index in [9.17, 15) is 17.6 Å². The first kappa shape index (κ1) is 19.5. The van der Waals surface area contributed by atoms with Crippen LogP contribution in [0.2, 0.25) is 0 Å². The number of amides is 1. The molecular formula is C18H23FN4O3S. The van der Waals surface area contributed by atoms with E-state index >= 15 is 0 Å². The summed E-state index contributed by atoms with van der Waals surface area (Å²) < 4.78 is 41.8. The summed E-state index contributed by atoms with van der Waals surface area (Å²) in [5, 5.41) is 2.78. The third-order valence-corrected chi connectivity index (χ3v) is 6.74. The number of sulfonamides is 1. The quantitative estimate of drug-likeness (QED) is 0.862. The van der Waals surface area contributed by atoms with Gasteiger partial charge in [-0.2, -0.15) is 4.31 Å². The van der Waals surface area contributed by atoms with Gasteiger partial charge in [0.2, 0.25) is 5.91 Å². The number of anilines is 1. The van der Waals surface area contributed by atoms with E-state index in [1.807, 2.05) is 0 Å². The number of hydrogen-bond acceptors (Lipinski definition) is 4. The average Bonchev–Trinajstić information content (AvgIpc) is 2.98. The van der Waals surface area contributed by atoms with Crippen molar-refractivity contribution in [1.29, 1.82) is 0 Å². The van der Waals surface area contributed by atoms with Crippen LogP contribution in [0.25, 0.3) is 0 Å². The molecule has 7 nitrogen and oxygen atoms in total. The number of nitrogens with one attached hydrogen (secondary N) is 1. The number of halogens is 1. The molecule has 9 heteroatoms. The van der Waals surface area contributed by atoms with Crippen LogP contribution in [0.3, 0.4) is 0 Å². The molecule has 1 aromatic carbocycles. The van der Waals surface area contributed by atoms with E-state index in [-0.39, 0.29) is 29.9 Å². The Balaban J connectivity index is 1.64. The monoisotopic (exact) mass is 394 g/mol. The fraction of sp³-hybridized carbons (Fsp3) is 0.444. The van der Waals surface area contributed by atoms with E-state index in [0.717, 1.165) is 5.56 Å². The molecule has 1 fully saturated rings. The molecule has 0 bridgehead atoms. The number of aryl methyl sites for hydroxylation is 3. The van der Waals surface area contributed by atoms with Gasteiger partial charge in [-0.1, -0.05) is 6.07 Å². The van der Waals surface area contributed by atoms with Crippen molar-refractivity contribution in [3.63, 3.8) is 0 Å². The summed E-state index contributed by atoms with van der Waals surface area (Å²) in [5.41, 5.74) is 1.22. The average molecular weight is 394 g/mol. The lowest BCUT2D eigenvalue weighted by Gasteiger charge is -2.30. The van der Waals surface area contributed by atoms with Crippen molar-refractivity contribution in [1.82, 2.24) is 13.9 Å². The second kappa shape index (κ2) is 7.40. The Morgan fingerprint density at radius 1 is 1.26 bits per heavy atom. The number of aromatic nitrogens is 2. The van der Waals surface area contributed by atoms with Crippen LogP contribution in [-0.4, -0.2) is 41.3 Å². The molecule has 0 atom stereocenters. The van der Waals surface area contributed by atoms with Crippen molar-refractivity contribution in [2.24, 2.45) is 13.0 Å². The fourth-order valence-corrected chi connectivity index (χ4v) is 4.60. The Kier molecular flexibility index (Phi) is 5.34. The lowest BCUT2D eigenvalue weighted by molar-refractivity contribution is -0.120. The highest BCUT2D eigenvalue weighted by Crippen LogP contribution is 2.25. The van der Waals surface area contributed by atoms with Crippen LogP contribution in [0, 0.1) is 25.6 Å². The standard InChI is InChI=1S/C18H23FN4O3S/c1-12-4-5-15(19)10-16(12)21-18(24)14-6-8-23(9-7-14)27(25,26)17-11-22(3)13(2)20-17/h4-5,10-11,14H,6-9H2,1-3H3,(H,21,24). The van der Waals surface area contributed by atoms with Gasteiger partial charge >= 0.3 is 0 Å². The summed E-state index contributed by atoms with van der Waals surface area (Å²) in [6.45, 7) is 4.03. The predicted molar refractivity (Wildman–Crippen MR) is 99.2 cm³/mol. The molecule has 1 aliphatic heterocycles. The molecule has 0 aliphatic carbocycles. The fourth-order valence-electron chi connectivity index (χ4n) is 3.10. The molecule has 3 rings (SSSR count).